The first kappa shape index (κ1) is 23.9. The van der Waals surface area contributed by atoms with E-state index in [0.29, 0.717) is 5.92 Å². The lowest BCUT2D eigenvalue weighted by Crippen LogP contribution is -2.48. The van der Waals surface area contributed by atoms with Gasteiger partial charge in [-0.1, -0.05) is 20.8 Å². The Bertz CT molecular complexity index is 1050. The molecule has 0 spiro atoms. The average Bonchev–Trinajstić information content (AvgIpc) is 3.11. The Morgan fingerprint density at radius 2 is 2.00 bits per heavy atom. The number of amides is 1. The monoisotopic (exact) mass is 481 g/mol. The Morgan fingerprint density at radius 1 is 1.30 bits per heavy atom. The topological polar surface area (TPSA) is 128 Å². The fourth-order valence-electron chi connectivity index (χ4n) is 5.66. The molecule has 1 amide bonds. The van der Waals surface area contributed by atoms with E-state index in [9.17, 15) is 23.3 Å². The van der Waals surface area contributed by atoms with Crippen LogP contribution >= 0.6 is 0 Å². The number of benzene rings is 1. The van der Waals surface area contributed by atoms with Crippen LogP contribution in [0.1, 0.15) is 40.0 Å². The smallest absolute Gasteiger partial charge is 0.312 e. The fraction of sp³-hybridized carbons (Fsp3) is 0.682. The van der Waals surface area contributed by atoms with Gasteiger partial charge in [0.15, 0.2) is 12.4 Å². The van der Waals surface area contributed by atoms with Crippen LogP contribution in [0, 0.1) is 26.9 Å². The molecule has 2 saturated carbocycles. The van der Waals surface area contributed by atoms with Gasteiger partial charge in [-0.3, -0.25) is 14.9 Å². The summed E-state index contributed by atoms with van der Waals surface area (Å²) < 4.78 is 37.5. The first-order valence-electron chi connectivity index (χ1n) is 11.3. The third-order valence-corrected chi connectivity index (χ3v) is 10.1. The highest BCUT2D eigenvalue weighted by Crippen LogP contribution is 2.65. The van der Waals surface area contributed by atoms with E-state index < -0.39 is 20.6 Å². The number of ether oxygens (including phenoxy) is 2. The summed E-state index contributed by atoms with van der Waals surface area (Å²) in [5, 5.41) is 14.7. The Morgan fingerprint density at radius 3 is 2.58 bits per heavy atom. The Labute approximate surface area is 193 Å². The predicted octanol–water partition coefficient (Wildman–Crippen LogP) is 2.33. The normalized spacial score (nSPS) is 29.1. The first-order valence-corrected chi connectivity index (χ1v) is 12.7. The first-order chi connectivity index (χ1) is 15.5. The number of sulfonamides is 1. The molecule has 4 rings (SSSR count). The number of nitrogens with zero attached hydrogens (tertiary/aromatic N) is 2. The second kappa shape index (κ2) is 8.52. The largest absolute Gasteiger partial charge is 0.477 e. The maximum atomic E-state index is 12.8. The van der Waals surface area contributed by atoms with Crippen molar-refractivity contribution in [3.05, 3.63) is 28.3 Å². The number of nitro benzene ring substituents is 1. The second-order valence-electron chi connectivity index (χ2n) is 9.92. The highest BCUT2D eigenvalue weighted by molar-refractivity contribution is 7.89. The molecule has 3 fully saturated rings. The molecule has 11 heteroatoms. The molecule has 1 aliphatic heterocycles. The van der Waals surface area contributed by atoms with E-state index in [1.165, 1.54) is 16.4 Å². The summed E-state index contributed by atoms with van der Waals surface area (Å²) in [5.41, 5.74) is -0.341. The third-order valence-electron chi connectivity index (χ3n) is 8.22. The quantitative estimate of drug-likeness (QED) is 0.467. The molecule has 0 radical (unpaired) electrons. The summed E-state index contributed by atoms with van der Waals surface area (Å²) in [6, 6.07) is 3.53. The van der Waals surface area contributed by atoms with Gasteiger partial charge >= 0.3 is 5.69 Å². The number of nitrogens with one attached hydrogen (secondary N) is 1. The van der Waals surface area contributed by atoms with Gasteiger partial charge in [0.05, 0.1) is 23.0 Å². The standard InChI is InChI=1S/C22H31N3O7S/c1-21(2)15-6-7-22(21,3)19(12-15)23-20(26)14-32-18-5-4-16(13-17(18)25(27)28)33(29,30)24-8-10-31-11-9-24/h4-5,13,15,19H,6-12,14H2,1-3H3,(H,23,26). The molecule has 2 aliphatic carbocycles. The van der Waals surface area contributed by atoms with Gasteiger partial charge in [-0.2, -0.15) is 4.31 Å². The summed E-state index contributed by atoms with van der Waals surface area (Å²) in [7, 11) is -3.89. The third kappa shape index (κ3) is 4.10. The van der Waals surface area contributed by atoms with Crippen LogP contribution < -0.4 is 10.1 Å². The van der Waals surface area contributed by atoms with Gasteiger partial charge in [-0.15, -0.1) is 0 Å². The maximum absolute atomic E-state index is 12.8. The molecular weight excluding hydrogens is 450 g/mol. The second-order valence-corrected chi connectivity index (χ2v) is 11.9. The number of hydrogen-bond acceptors (Lipinski definition) is 7. The van der Waals surface area contributed by atoms with Gasteiger partial charge < -0.3 is 14.8 Å². The molecule has 0 aromatic heterocycles. The number of nitro groups is 1. The molecule has 2 bridgehead atoms. The van der Waals surface area contributed by atoms with E-state index in [4.69, 9.17) is 9.47 Å². The predicted molar refractivity (Wildman–Crippen MR) is 119 cm³/mol. The van der Waals surface area contributed by atoms with Crippen molar-refractivity contribution < 1.29 is 27.6 Å². The van der Waals surface area contributed by atoms with Crippen LogP contribution in [-0.4, -0.2) is 62.5 Å². The van der Waals surface area contributed by atoms with Crippen molar-refractivity contribution in [3.63, 3.8) is 0 Å². The zero-order valence-corrected chi connectivity index (χ0v) is 20.0. The molecular formula is C22H31N3O7S. The fourth-order valence-corrected chi connectivity index (χ4v) is 7.09. The van der Waals surface area contributed by atoms with Crippen molar-refractivity contribution in [2.75, 3.05) is 32.9 Å². The molecule has 1 aromatic rings. The minimum Gasteiger partial charge on any atom is -0.477 e. The Balaban J connectivity index is 1.44. The lowest BCUT2D eigenvalue weighted by atomic mass is 9.69. The molecule has 1 N–H and O–H groups in total. The zero-order chi connectivity index (χ0) is 24.0. The van der Waals surface area contributed by atoms with Gasteiger partial charge in [0.2, 0.25) is 10.0 Å². The van der Waals surface area contributed by atoms with Gasteiger partial charge in [-0.05, 0) is 48.1 Å². The average molecular weight is 482 g/mol. The number of morpholine rings is 1. The van der Waals surface area contributed by atoms with E-state index in [2.05, 4.69) is 26.1 Å². The SMILES string of the molecule is CC1(C)C2CCC1(C)C(NC(=O)COc1ccc(S(=O)(=O)N3CCOCC3)cc1[N+](=O)[O-])C2. The zero-order valence-electron chi connectivity index (χ0n) is 19.2. The van der Waals surface area contributed by atoms with Gasteiger partial charge in [0.25, 0.3) is 5.91 Å². The summed E-state index contributed by atoms with van der Waals surface area (Å²) in [6.45, 7) is 7.26. The van der Waals surface area contributed by atoms with Crippen molar-refractivity contribution >= 4 is 21.6 Å². The van der Waals surface area contributed by atoms with Crippen LogP contribution in [0.5, 0.6) is 5.75 Å². The highest BCUT2D eigenvalue weighted by Gasteiger charge is 2.61. The highest BCUT2D eigenvalue weighted by atomic mass is 32.2. The molecule has 1 aromatic carbocycles. The van der Waals surface area contributed by atoms with Crippen LogP contribution in [0.3, 0.4) is 0 Å². The van der Waals surface area contributed by atoms with Crippen LogP contribution in [0.2, 0.25) is 0 Å². The van der Waals surface area contributed by atoms with E-state index in [0.717, 1.165) is 25.3 Å². The molecule has 1 saturated heterocycles. The minimum absolute atomic E-state index is 0.00875. The Hall–Kier alpha value is -2.24. The molecule has 3 aliphatic rings. The number of rotatable bonds is 7. The van der Waals surface area contributed by atoms with Gasteiger partial charge in [-0.25, -0.2) is 8.42 Å². The van der Waals surface area contributed by atoms with Crippen molar-refractivity contribution in [2.24, 2.45) is 16.7 Å². The number of hydrogen-bond donors (Lipinski definition) is 1. The minimum atomic E-state index is -3.89. The summed E-state index contributed by atoms with van der Waals surface area (Å²) >= 11 is 0. The lowest BCUT2D eigenvalue weighted by molar-refractivity contribution is -0.386. The van der Waals surface area contributed by atoms with Crippen molar-refractivity contribution in [3.8, 4) is 5.75 Å². The number of carbonyl (C=O) groups is 1. The van der Waals surface area contributed by atoms with E-state index in [1.54, 1.807) is 0 Å². The number of carbonyl (C=O) groups excluding carboxylic acids is 1. The van der Waals surface area contributed by atoms with Crippen LogP contribution in [-0.2, 0) is 19.6 Å². The molecule has 3 unspecified atom stereocenters. The lowest BCUT2D eigenvalue weighted by Gasteiger charge is -2.39. The molecule has 1 heterocycles. The molecule has 3 atom stereocenters. The molecule has 10 nitrogen and oxygen atoms in total. The summed E-state index contributed by atoms with van der Waals surface area (Å²) in [6.07, 6.45) is 3.14. The maximum Gasteiger partial charge on any atom is 0.312 e. The van der Waals surface area contributed by atoms with Crippen LogP contribution in [0.25, 0.3) is 0 Å². The van der Waals surface area contributed by atoms with Gasteiger partial charge in [0.1, 0.15) is 0 Å². The van der Waals surface area contributed by atoms with E-state index in [1.807, 2.05) is 0 Å². The van der Waals surface area contributed by atoms with Crippen molar-refractivity contribution in [1.29, 1.82) is 0 Å². The summed E-state index contributed by atoms with van der Waals surface area (Å²) in [5.74, 6) is 0.0789. The molecule has 182 valence electrons. The van der Waals surface area contributed by atoms with Crippen molar-refractivity contribution in [2.45, 2.75) is 51.0 Å². The van der Waals surface area contributed by atoms with E-state index in [-0.39, 0.29) is 66.3 Å². The van der Waals surface area contributed by atoms with Crippen LogP contribution in [0.15, 0.2) is 23.1 Å². The van der Waals surface area contributed by atoms with Crippen molar-refractivity contribution in [1.82, 2.24) is 9.62 Å². The summed E-state index contributed by atoms with van der Waals surface area (Å²) in [4.78, 5) is 23.3. The number of fused-ring (bicyclic) bond motifs is 2. The van der Waals surface area contributed by atoms with E-state index >= 15 is 0 Å². The van der Waals surface area contributed by atoms with Crippen LogP contribution in [0.4, 0.5) is 5.69 Å². The molecule has 33 heavy (non-hydrogen) atoms. The Kier molecular flexibility index (Phi) is 6.17. The van der Waals surface area contributed by atoms with Gasteiger partial charge in [0, 0.05) is 25.2 Å².